The maximum atomic E-state index is 12.3. The van der Waals surface area contributed by atoms with E-state index in [1.54, 1.807) is 52.2 Å². The monoisotopic (exact) mass is 530 g/mol. The average Bonchev–Trinajstić information content (AvgIpc) is 3.30. The topological polar surface area (TPSA) is 113 Å². The number of hydrogen-bond donors (Lipinski definition) is 2. The number of hydrogen-bond acceptors (Lipinski definition) is 7. The highest BCUT2D eigenvalue weighted by Gasteiger charge is 2.18. The Morgan fingerprint density at radius 1 is 0.974 bits per heavy atom. The molecule has 0 fully saturated rings. The van der Waals surface area contributed by atoms with Crippen LogP contribution in [-0.2, 0) is 33.8 Å². The Hall–Kier alpha value is -4.30. The van der Waals surface area contributed by atoms with Crippen molar-refractivity contribution >= 4 is 28.7 Å². The molecule has 8 nitrogen and oxygen atoms in total. The Morgan fingerprint density at radius 2 is 1.77 bits per heavy atom. The minimum absolute atomic E-state index is 0.0314. The number of rotatable bonds is 9. The van der Waals surface area contributed by atoms with Crippen molar-refractivity contribution in [1.82, 2.24) is 0 Å². The predicted octanol–water partition coefficient (Wildman–Crippen LogP) is 6.59. The number of anilines is 1. The number of nitrogens with two attached hydrogens (primary N) is 1. The summed E-state index contributed by atoms with van der Waals surface area (Å²) < 4.78 is 22.4. The van der Waals surface area contributed by atoms with Crippen LogP contribution in [0.15, 0.2) is 71.3 Å². The van der Waals surface area contributed by atoms with E-state index >= 15 is 0 Å². The van der Waals surface area contributed by atoms with E-state index in [0.717, 1.165) is 33.2 Å². The fourth-order valence-corrected chi connectivity index (χ4v) is 4.11. The van der Waals surface area contributed by atoms with Gasteiger partial charge in [-0.2, -0.15) is 0 Å². The average molecular weight is 531 g/mol. The molecule has 0 saturated heterocycles. The Bertz CT molecular complexity index is 1470. The van der Waals surface area contributed by atoms with Crippen molar-refractivity contribution in [1.29, 1.82) is 0 Å². The van der Waals surface area contributed by atoms with Gasteiger partial charge in [0.25, 0.3) is 0 Å². The lowest BCUT2D eigenvalue weighted by atomic mass is 10.0. The Morgan fingerprint density at radius 3 is 2.51 bits per heavy atom. The first-order valence-corrected chi connectivity index (χ1v) is 12.9. The SMILES string of the molecule is CCOC(=O)Cc1ccc(NC(=O)OC(C)(C)C)cc1OCc1coc2ccc(-c3cccc(CN)c3)cc12. The highest BCUT2D eigenvalue weighted by Crippen LogP contribution is 2.31. The zero-order valence-electron chi connectivity index (χ0n) is 22.7. The minimum Gasteiger partial charge on any atom is -0.488 e. The number of amides is 1. The van der Waals surface area contributed by atoms with Crippen LogP contribution in [0.1, 0.15) is 44.4 Å². The van der Waals surface area contributed by atoms with Gasteiger partial charge in [0.05, 0.1) is 19.3 Å². The minimum atomic E-state index is -0.639. The van der Waals surface area contributed by atoms with Gasteiger partial charge in [-0.15, -0.1) is 0 Å². The second kappa shape index (κ2) is 12.0. The summed E-state index contributed by atoms with van der Waals surface area (Å²) in [4.78, 5) is 24.5. The third kappa shape index (κ3) is 7.39. The van der Waals surface area contributed by atoms with Crippen molar-refractivity contribution in [3.8, 4) is 16.9 Å². The summed E-state index contributed by atoms with van der Waals surface area (Å²) in [5, 5.41) is 3.63. The molecule has 8 heteroatoms. The van der Waals surface area contributed by atoms with Crippen LogP contribution < -0.4 is 15.8 Å². The van der Waals surface area contributed by atoms with E-state index in [1.165, 1.54) is 0 Å². The number of benzene rings is 3. The van der Waals surface area contributed by atoms with Crippen LogP contribution in [0.3, 0.4) is 0 Å². The first kappa shape index (κ1) is 27.7. The molecular formula is C31H34N2O6. The molecule has 0 aliphatic carbocycles. The Labute approximate surface area is 228 Å². The van der Waals surface area contributed by atoms with E-state index in [9.17, 15) is 9.59 Å². The standard InChI is InChI=1S/C31H34N2O6/c1-5-36-29(34)15-23-9-11-25(33-30(35)39-31(2,3)4)16-28(23)38-19-24-18-37-27-12-10-22(14-26(24)27)21-8-6-7-20(13-21)17-32/h6-14,16,18H,5,15,17,19,32H2,1-4H3,(H,33,35). The van der Waals surface area contributed by atoms with Crippen molar-refractivity contribution in [2.75, 3.05) is 11.9 Å². The van der Waals surface area contributed by atoms with E-state index in [1.807, 2.05) is 30.3 Å². The predicted molar refractivity (Wildman–Crippen MR) is 151 cm³/mol. The quantitative estimate of drug-likeness (QED) is 0.235. The number of carbonyl (C=O) groups excluding carboxylic acids is 2. The van der Waals surface area contributed by atoms with Gasteiger partial charge in [-0.3, -0.25) is 10.1 Å². The number of nitrogens with one attached hydrogen (secondary N) is 1. The largest absolute Gasteiger partial charge is 0.488 e. The van der Waals surface area contributed by atoms with E-state index in [4.69, 9.17) is 24.4 Å². The summed E-state index contributed by atoms with van der Waals surface area (Å²) >= 11 is 0. The molecule has 0 aliphatic rings. The summed E-state index contributed by atoms with van der Waals surface area (Å²) in [5.41, 5.74) is 11.0. The zero-order valence-corrected chi connectivity index (χ0v) is 22.7. The molecule has 0 aliphatic heterocycles. The van der Waals surface area contributed by atoms with Crippen LogP contribution in [0.5, 0.6) is 5.75 Å². The zero-order chi connectivity index (χ0) is 28.0. The molecule has 3 aromatic carbocycles. The van der Waals surface area contributed by atoms with Gasteiger partial charge in [0, 0.05) is 34.8 Å². The lowest BCUT2D eigenvalue weighted by molar-refractivity contribution is -0.142. The maximum absolute atomic E-state index is 12.3. The number of furan rings is 1. The second-order valence-corrected chi connectivity index (χ2v) is 10.1. The highest BCUT2D eigenvalue weighted by molar-refractivity contribution is 5.87. The third-order valence-electron chi connectivity index (χ3n) is 5.89. The number of esters is 1. The number of ether oxygens (including phenoxy) is 3. The van der Waals surface area contributed by atoms with Crippen LogP contribution in [0.4, 0.5) is 10.5 Å². The molecule has 4 rings (SSSR count). The molecule has 3 N–H and O–H groups in total. The van der Waals surface area contributed by atoms with Gasteiger partial charge >= 0.3 is 12.1 Å². The van der Waals surface area contributed by atoms with E-state index < -0.39 is 11.7 Å². The van der Waals surface area contributed by atoms with Gasteiger partial charge in [0.1, 0.15) is 23.5 Å². The molecule has 0 unspecified atom stereocenters. The molecule has 1 aromatic heterocycles. The lowest BCUT2D eigenvalue weighted by Crippen LogP contribution is -2.27. The fraction of sp³-hybridized carbons (Fsp3) is 0.290. The van der Waals surface area contributed by atoms with Gasteiger partial charge < -0.3 is 24.4 Å². The van der Waals surface area contributed by atoms with E-state index in [0.29, 0.717) is 23.5 Å². The van der Waals surface area contributed by atoms with Crippen molar-refractivity contribution < 1.29 is 28.2 Å². The van der Waals surface area contributed by atoms with Gasteiger partial charge in [0.15, 0.2) is 0 Å². The first-order valence-electron chi connectivity index (χ1n) is 12.9. The molecule has 4 aromatic rings. The number of carbonyl (C=O) groups is 2. The maximum Gasteiger partial charge on any atom is 0.412 e. The molecule has 1 heterocycles. The summed E-state index contributed by atoms with van der Waals surface area (Å²) in [6.07, 6.45) is 1.11. The van der Waals surface area contributed by atoms with Gasteiger partial charge in [-0.05, 0) is 68.7 Å². The first-order chi connectivity index (χ1) is 18.6. The molecule has 0 spiro atoms. The van der Waals surface area contributed by atoms with Crippen molar-refractivity contribution in [3.63, 3.8) is 0 Å². The summed E-state index contributed by atoms with van der Waals surface area (Å²) in [6, 6.07) is 19.2. The van der Waals surface area contributed by atoms with Crippen LogP contribution in [0, 0.1) is 0 Å². The highest BCUT2D eigenvalue weighted by atomic mass is 16.6. The smallest absolute Gasteiger partial charge is 0.412 e. The van der Waals surface area contributed by atoms with Crippen molar-refractivity contribution in [3.05, 3.63) is 83.6 Å². The molecular weight excluding hydrogens is 496 g/mol. The fourth-order valence-electron chi connectivity index (χ4n) is 4.11. The lowest BCUT2D eigenvalue weighted by Gasteiger charge is -2.20. The van der Waals surface area contributed by atoms with Gasteiger partial charge in [-0.25, -0.2) is 4.79 Å². The van der Waals surface area contributed by atoms with Gasteiger partial charge in [0.2, 0.25) is 0 Å². The molecule has 0 atom stereocenters. The summed E-state index contributed by atoms with van der Waals surface area (Å²) in [7, 11) is 0. The molecule has 39 heavy (non-hydrogen) atoms. The summed E-state index contributed by atoms with van der Waals surface area (Å²) in [5.74, 6) is 0.0751. The third-order valence-corrected chi connectivity index (χ3v) is 5.89. The van der Waals surface area contributed by atoms with E-state index in [-0.39, 0.29) is 25.6 Å². The molecule has 0 saturated carbocycles. The Kier molecular flexibility index (Phi) is 8.56. The van der Waals surface area contributed by atoms with Crippen LogP contribution in [-0.4, -0.2) is 24.3 Å². The van der Waals surface area contributed by atoms with E-state index in [2.05, 4.69) is 17.4 Å². The Balaban J connectivity index is 1.59. The van der Waals surface area contributed by atoms with Crippen LogP contribution in [0.25, 0.3) is 22.1 Å². The van der Waals surface area contributed by atoms with Crippen molar-refractivity contribution in [2.24, 2.45) is 5.73 Å². The normalized spacial score (nSPS) is 11.3. The molecule has 0 bridgehead atoms. The molecule has 1 amide bonds. The number of fused-ring (bicyclic) bond motifs is 1. The molecule has 204 valence electrons. The summed E-state index contributed by atoms with van der Waals surface area (Å²) in [6.45, 7) is 8.07. The second-order valence-electron chi connectivity index (χ2n) is 10.1. The van der Waals surface area contributed by atoms with Crippen LogP contribution in [0.2, 0.25) is 0 Å². The van der Waals surface area contributed by atoms with Gasteiger partial charge in [-0.1, -0.05) is 30.3 Å². The van der Waals surface area contributed by atoms with Crippen LogP contribution >= 0.6 is 0 Å². The molecule has 0 radical (unpaired) electrons. The van der Waals surface area contributed by atoms with Crippen molar-refractivity contribution in [2.45, 2.75) is 52.9 Å².